The number of anilines is 1. The molecule has 0 aromatic heterocycles. The number of benzene rings is 1. The number of aryl methyl sites for hydroxylation is 1. The van der Waals surface area contributed by atoms with Gasteiger partial charge in [-0.1, -0.05) is 24.3 Å². The smallest absolute Gasteiger partial charge is 0.321 e. The normalized spacial score (nSPS) is 9.85. The molecule has 0 aliphatic heterocycles. The fraction of sp³-hybridized carbons (Fsp3) is 0.333. The molecule has 2 N–H and O–H groups in total. The Balaban J connectivity index is 2.84. The van der Waals surface area contributed by atoms with Gasteiger partial charge in [0, 0.05) is 18.8 Å². The Morgan fingerprint density at radius 2 is 2.10 bits per heavy atom. The molecule has 0 aliphatic rings. The van der Waals surface area contributed by atoms with Crippen molar-refractivity contribution in [2.45, 2.75) is 19.8 Å². The minimum atomic E-state index is -0.928. The number of aliphatic carboxylic acids is 1. The van der Waals surface area contributed by atoms with Gasteiger partial charge >= 0.3 is 12.0 Å². The van der Waals surface area contributed by atoms with Crippen LogP contribution in [0.4, 0.5) is 10.5 Å². The van der Waals surface area contributed by atoms with E-state index >= 15 is 0 Å². The predicted molar refractivity (Wildman–Crippen MR) is 79.0 cm³/mol. The first-order valence-corrected chi connectivity index (χ1v) is 6.50. The van der Waals surface area contributed by atoms with E-state index in [1.54, 1.807) is 6.08 Å². The lowest BCUT2D eigenvalue weighted by molar-refractivity contribution is -0.136. The molecule has 5 nitrogen and oxygen atoms in total. The van der Waals surface area contributed by atoms with E-state index in [1.807, 2.05) is 31.2 Å². The Morgan fingerprint density at radius 1 is 1.40 bits per heavy atom. The summed E-state index contributed by atoms with van der Waals surface area (Å²) >= 11 is 0. The highest BCUT2D eigenvalue weighted by atomic mass is 16.4. The molecule has 0 atom stereocenters. The third kappa shape index (κ3) is 4.76. The number of amides is 2. The predicted octanol–water partition coefficient (Wildman–Crippen LogP) is 2.56. The number of carboxylic acid groups (broad SMARTS) is 1. The van der Waals surface area contributed by atoms with Crippen LogP contribution in [0, 0.1) is 6.92 Å². The minimum absolute atomic E-state index is 0.0940. The molecule has 0 radical (unpaired) electrons. The first kappa shape index (κ1) is 15.8. The van der Waals surface area contributed by atoms with Crippen molar-refractivity contribution in [2.24, 2.45) is 0 Å². The van der Waals surface area contributed by atoms with Crippen LogP contribution in [0.1, 0.15) is 18.4 Å². The van der Waals surface area contributed by atoms with Gasteiger partial charge in [0.2, 0.25) is 0 Å². The van der Waals surface area contributed by atoms with Gasteiger partial charge < -0.3 is 10.4 Å². The summed E-state index contributed by atoms with van der Waals surface area (Å²) in [5, 5.41) is 11.6. The maximum Gasteiger partial charge on any atom is 0.321 e. The van der Waals surface area contributed by atoms with Gasteiger partial charge in [-0.15, -0.1) is 6.58 Å². The van der Waals surface area contributed by atoms with Crippen LogP contribution in [0.5, 0.6) is 0 Å². The zero-order chi connectivity index (χ0) is 15.0. The molecule has 2 amide bonds. The summed E-state index contributed by atoms with van der Waals surface area (Å²) in [5.74, 6) is -0.928. The Morgan fingerprint density at radius 3 is 2.70 bits per heavy atom. The number of nitrogens with zero attached hydrogens (tertiary/aromatic N) is 1. The van der Waals surface area contributed by atoms with Crippen LogP contribution in [-0.4, -0.2) is 30.2 Å². The highest BCUT2D eigenvalue weighted by Crippen LogP contribution is 2.19. The fourth-order valence-corrected chi connectivity index (χ4v) is 1.78. The van der Waals surface area contributed by atoms with E-state index < -0.39 is 5.97 Å². The van der Waals surface area contributed by atoms with Gasteiger partial charge in [0.05, 0.1) is 6.42 Å². The highest BCUT2D eigenvalue weighted by molar-refractivity contribution is 5.93. The second-order valence-electron chi connectivity index (χ2n) is 4.39. The molecule has 1 rings (SSSR count). The Hall–Kier alpha value is -2.30. The van der Waals surface area contributed by atoms with E-state index in [-0.39, 0.29) is 19.0 Å². The summed E-state index contributed by atoms with van der Waals surface area (Å²) in [4.78, 5) is 24.4. The van der Waals surface area contributed by atoms with Crippen molar-refractivity contribution in [2.75, 3.05) is 18.0 Å². The van der Waals surface area contributed by atoms with Crippen molar-refractivity contribution in [3.8, 4) is 0 Å². The average molecular weight is 276 g/mol. The molecular formula is C15H20N2O3. The quantitative estimate of drug-likeness (QED) is 0.594. The van der Waals surface area contributed by atoms with Gasteiger partial charge in [-0.2, -0.15) is 0 Å². The van der Waals surface area contributed by atoms with E-state index in [0.29, 0.717) is 13.0 Å². The lowest BCUT2D eigenvalue weighted by atomic mass is 10.2. The van der Waals surface area contributed by atoms with Crippen LogP contribution in [0.2, 0.25) is 0 Å². The summed E-state index contributed by atoms with van der Waals surface area (Å²) in [6.07, 6.45) is 2.30. The van der Waals surface area contributed by atoms with Gasteiger partial charge in [-0.3, -0.25) is 9.69 Å². The van der Waals surface area contributed by atoms with Crippen molar-refractivity contribution in [3.63, 3.8) is 0 Å². The number of carboxylic acids is 1. The number of hydrogen-bond acceptors (Lipinski definition) is 2. The minimum Gasteiger partial charge on any atom is -0.481 e. The monoisotopic (exact) mass is 276 g/mol. The molecule has 0 spiro atoms. The molecular weight excluding hydrogens is 256 g/mol. The highest BCUT2D eigenvalue weighted by Gasteiger charge is 2.17. The summed E-state index contributed by atoms with van der Waals surface area (Å²) in [7, 11) is 0. The SMILES string of the molecule is C=CCCNC(=O)N(CCC(=O)O)c1ccccc1C. The van der Waals surface area contributed by atoms with E-state index in [4.69, 9.17) is 5.11 Å². The molecule has 20 heavy (non-hydrogen) atoms. The van der Waals surface area contributed by atoms with E-state index in [0.717, 1.165) is 11.3 Å². The number of carbonyl (C=O) groups excluding carboxylic acids is 1. The topological polar surface area (TPSA) is 69.6 Å². The molecule has 0 heterocycles. The van der Waals surface area contributed by atoms with Crippen molar-refractivity contribution < 1.29 is 14.7 Å². The number of rotatable bonds is 7. The van der Waals surface area contributed by atoms with Gasteiger partial charge in [0.1, 0.15) is 0 Å². The average Bonchev–Trinajstić information content (AvgIpc) is 2.41. The van der Waals surface area contributed by atoms with E-state index in [9.17, 15) is 9.59 Å². The summed E-state index contributed by atoms with van der Waals surface area (Å²) in [6.45, 7) is 6.10. The maximum atomic E-state index is 12.2. The molecule has 1 aromatic rings. The van der Waals surface area contributed by atoms with Gasteiger partial charge in [-0.05, 0) is 25.0 Å². The molecule has 1 aromatic carbocycles. The van der Waals surface area contributed by atoms with Crippen LogP contribution in [-0.2, 0) is 4.79 Å². The molecule has 0 aliphatic carbocycles. The first-order valence-electron chi connectivity index (χ1n) is 6.50. The van der Waals surface area contributed by atoms with Crippen molar-refractivity contribution in [1.82, 2.24) is 5.32 Å². The largest absolute Gasteiger partial charge is 0.481 e. The van der Waals surface area contributed by atoms with Crippen molar-refractivity contribution in [3.05, 3.63) is 42.5 Å². The van der Waals surface area contributed by atoms with Crippen LogP contribution >= 0.6 is 0 Å². The van der Waals surface area contributed by atoms with Crippen LogP contribution in [0.15, 0.2) is 36.9 Å². The summed E-state index contributed by atoms with van der Waals surface area (Å²) in [5.41, 5.74) is 1.65. The van der Waals surface area contributed by atoms with E-state index in [2.05, 4.69) is 11.9 Å². The molecule has 0 fully saturated rings. The van der Waals surface area contributed by atoms with Crippen molar-refractivity contribution in [1.29, 1.82) is 0 Å². The molecule has 0 saturated carbocycles. The van der Waals surface area contributed by atoms with Gasteiger partial charge in [-0.25, -0.2) is 4.79 Å². The lowest BCUT2D eigenvalue weighted by Crippen LogP contribution is -2.41. The molecule has 108 valence electrons. The number of hydrogen-bond donors (Lipinski definition) is 2. The Labute approximate surface area is 118 Å². The van der Waals surface area contributed by atoms with Crippen LogP contribution in [0.25, 0.3) is 0 Å². The molecule has 5 heteroatoms. The van der Waals surface area contributed by atoms with Gasteiger partial charge in [0.15, 0.2) is 0 Å². The summed E-state index contributed by atoms with van der Waals surface area (Å²) in [6, 6.07) is 7.11. The van der Waals surface area contributed by atoms with Crippen molar-refractivity contribution >= 4 is 17.7 Å². The number of para-hydroxylation sites is 1. The zero-order valence-electron chi connectivity index (χ0n) is 11.6. The first-order chi connectivity index (χ1) is 9.56. The molecule has 0 saturated heterocycles. The third-order valence-electron chi connectivity index (χ3n) is 2.83. The van der Waals surface area contributed by atoms with Gasteiger partial charge in [0.25, 0.3) is 0 Å². The van der Waals surface area contributed by atoms with Crippen LogP contribution < -0.4 is 10.2 Å². The standard InChI is InChI=1S/C15H20N2O3/c1-3-4-10-16-15(20)17(11-9-14(18)19)13-8-6-5-7-12(13)2/h3,5-8H,1,4,9-11H2,2H3,(H,16,20)(H,18,19). The molecule has 0 unspecified atom stereocenters. The fourth-order valence-electron chi connectivity index (χ4n) is 1.78. The Kier molecular flexibility index (Phi) is 6.29. The lowest BCUT2D eigenvalue weighted by Gasteiger charge is -2.24. The zero-order valence-corrected chi connectivity index (χ0v) is 11.6. The second-order valence-corrected chi connectivity index (χ2v) is 4.39. The molecule has 0 bridgehead atoms. The number of nitrogens with one attached hydrogen (secondary N) is 1. The van der Waals surface area contributed by atoms with E-state index in [1.165, 1.54) is 4.90 Å². The maximum absolute atomic E-state index is 12.2. The second kappa shape index (κ2) is 7.99. The summed E-state index contributed by atoms with van der Waals surface area (Å²) < 4.78 is 0. The third-order valence-corrected chi connectivity index (χ3v) is 2.83. The van der Waals surface area contributed by atoms with Crippen LogP contribution in [0.3, 0.4) is 0 Å². The number of urea groups is 1. The number of carbonyl (C=O) groups is 2. The Bertz CT molecular complexity index is 486.